The van der Waals surface area contributed by atoms with Crippen LogP contribution < -0.4 is 5.32 Å². The molecule has 0 saturated carbocycles. The minimum atomic E-state index is 0.689. The van der Waals surface area contributed by atoms with Gasteiger partial charge in [0.05, 0.1) is 0 Å². The van der Waals surface area contributed by atoms with E-state index < -0.39 is 0 Å². The highest BCUT2D eigenvalue weighted by Crippen LogP contribution is 2.41. The fraction of sp³-hybridized carbons (Fsp3) is 0.600. The molecular weight excluding hydrogens is 194 g/mol. The van der Waals surface area contributed by atoms with Crippen LogP contribution in [-0.4, -0.2) is 6.54 Å². The Morgan fingerprint density at radius 1 is 1.19 bits per heavy atom. The third-order valence-corrected chi connectivity index (χ3v) is 4.09. The van der Waals surface area contributed by atoms with Gasteiger partial charge in [-0.15, -0.1) is 0 Å². The lowest BCUT2D eigenvalue weighted by Gasteiger charge is -2.23. The molecule has 2 atom stereocenters. The molecule has 1 nitrogen and oxygen atoms in total. The summed E-state index contributed by atoms with van der Waals surface area (Å²) in [4.78, 5) is 0. The van der Waals surface area contributed by atoms with Crippen LogP contribution in [0.4, 0.5) is 5.69 Å². The van der Waals surface area contributed by atoms with E-state index in [2.05, 4.69) is 52.1 Å². The Labute approximate surface area is 99.3 Å². The quantitative estimate of drug-likeness (QED) is 0.786. The Morgan fingerprint density at radius 2 is 1.88 bits per heavy atom. The molecule has 1 heterocycles. The zero-order chi connectivity index (χ0) is 11.9. The van der Waals surface area contributed by atoms with E-state index in [0.717, 1.165) is 18.4 Å². The second-order valence-electron chi connectivity index (χ2n) is 5.64. The van der Waals surface area contributed by atoms with E-state index in [9.17, 15) is 0 Å². The number of aryl methyl sites for hydroxylation is 2. The highest BCUT2D eigenvalue weighted by atomic mass is 14.9. The number of anilines is 1. The second-order valence-corrected chi connectivity index (χ2v) is 5.64. The first-order chi connectivity index (χ1) is 7.50. The first-order valence-electron chi connectivity index (χ1n) is 6.35. The Balaban J connectivity index is 2.39. The molecule has 0 saturated heterocycles. The van der Waals surface area contributed by atoms with Crippen molar-refractivity contribution in [3.8, 4) is 0 Å². The minimum absolute atomic E-state index is 0.689. The smallest absolute Gasteiger partial charge is 0.0406 e. The van der Waals surface area contributed by atoms with Gasteiger partial charge < -0.3 is 5.32 Å². The van der Waals surface area contributed by atoms with Crippen molar-refractivity contribution in [1.82, 2.24) is 0 Å². The summed E-state index contributed by atoms with van der Waals surface area (Å²) in [6.07, 6.45) is 0. The molecule has 1 aliphatic rings. The molecule has 0 aromatic heterocycles. The Kier molecular flexibility index (Phi) is 2.96. The molecule has 2 rings (SSSR count). The van der Waals surface area contributed by atoms with Crippen molar-refractivity contribution < 1.29 is 0 Å². The van der Waals surface area contributed by atoms with Gasteiger partial charge in [-0.1, -0.05) is 38.5 Å². The summed E-state index contributed by atoms with van der Waals surface area (Å²) in [6, 6.07) is 4.64. The molecule has 0 bridgehead atoms. The molecule has 0 spiro atoms. The summed E-state index contributed by atoms with van der Waals surface area (Å²) in [5, 5.41) is 3.58. The first kappa shape index (κ1) is 11.5. The Morgan fingerprint density at radius 3 is 2.50 bits per heavy atom. The number of benzene rings is 1. The minimum Gasteiger partial charge on any atom is -0.384 e. The average molecular weight is 217 g/mol. The summed E-state index contributed by atoms with van der Waals surface area (Å²) in [5.41, 5.74) is 5.72. The van der Waals surface area contributed by atoms with E-state index in [0.29, 0.717) is 5.92 Å². The summed E-state index contributed by atoms with van der Waals surface area (Å²) >= 11 is 0. The van der Waals surface area contributed by atoms with Gasteiger partial charge in [-0.25, -0.2) is 0 Å². The van der Waals surface area contributed by atoms with Crippen molar-refractivity contribution in [3.05, 3.63) is 28.8 Å². The summed E-state index contributed by atoms with van der Waals surface area (Å²) in [5.74, 6) is 2.18. The molecular formula is C15H23N. The molecule has 16 heavy (non-hydrogen) atoms. The van der Waals surface area contributed by atoms with Crippen LogP contribution in [0.15, 0.2) is 12.1 Å². The van der Waals surface area contributed by atoms with Crippen LogP contribution in [0.25, 0.3) is 0 Å². The topological polar surface area (TPSA) is 12.0 Å². The standard InChI is InChI=1S/C15H23N/c1-9(2)12(5)14-8-16-15-11(4)6-10(3)7-13(14)15/h6-7,9,12,14,16H,8H2,1-5H3. The lowest BCUT2D eigenvalue weighted by molar-refractivity contribution is 0.362. The number of fused-ring (bicyclic) bond motifs is 1. The lowest BCUT2D eigenvalue weighted by atomic mass is 9.81. The van der Waals surface area contributed by atoms with Gasteiger partial charge >= 0.3 is 0 Å². The number of hydrogen-bond donors (Lipinski definition) is 1. The molecule has 0 aliphatic carbocycles. The fourth-order valence-corrected chi connectivity index (χ4v) is 2.79. The summed E-state index contributed by atoms with van der Waals surface area (Å²) < 4.78 is 0. The second kappa shape index (κ2) is 4.12. The van der Waals surface area contributed by atoms with Gasteiger partial charge in [0.25, 0.3) is 0 Å². The maximum atomic E-state index is 3.58. The molecule has 1 aliphatic heterocycles. The van der Waals surface area contributed by atoms with E-state index in [1.165, 1.54) is 16.8 Å². The third kappa shape index (κ3) is 1.83. The molecule has 88 valence electrons. The highest BCUT2D eigenvalue weighted by Gasteiger charge is 2.29. The molecule has 1 N–H and O–H groups in total. The van der Waals surface area contributed by atoms with Gasteiger partial charge in [0, 0.05) is 18.2 Å². The van der Waals surface area contributed by atoms with Gasteiger partial charge in [-0.2, -0.15) is 0 Å². The highest BCUT2D eigenvalue weighted by molar-refractivity contribution is 5.64. The van der Waals surface area contributed by atoms with Crippen molar-refractivity contribution in [2.24, 2.45) is 11.8 Å². The van der Waals surface area contributed by atoms with E-state index in [-0.39, 0.29) is 0 Å². The van der Waals surface area contributed by atoms with Crippen LogP contribution >= 0.6 is 0 Å². The Hall–Kier alpha value is -0.980. The van der Waals surface area contributed by atoms with Crippen LogP contribution in [0.1, 0.15) is 43.4 Å². The van der Waals surface area contributed by atoms with Gasteiger partial charge in [0.15, 0.2) is 0 Å². The first-order valence-corrected chi connectivity index (χ1v) is 6.35. The zero-order valence-electron chi connectivity index (χ0n) is 11.1. The Bertz CT molecular complexity index is 393. The van der Waals surface area contributed by atoms with Crippen LogP contribution in [0.5, 0.6) is 0 Å². The van der Waals surface area contributed by atoms with Crippen molar-refractivity contribution in [1.29, 1.82) is 0 Å². The van der Waals surface area contributed by atoms with Crippen LogP contribution in [0, 0.1) is 25.7 Å². The monoisotopic (exact) mass is 217 g/mol. The zero-order valence-corrected chi connectivity index (χ0v) is 11.1. The van der Waals surface area contributed by atoms with Crippen molar-refractivity contribution >= 4 is 5.69 Å². The fourth-order valence-electron chi connectivity index (χ4n) is 2.79. The average Bonchev–Trinajstić information content (AvgIpc) is 2.60. The van der Waals surface area contributed by atoms with Gasteiger partial charge in [0.1, 0.15) is 0 Å². The summed E-state index contributed by atoms with van der Waals surface area (Å²) in [6.45, 7) is 12.5. The van der Waals surface area contributed by atoms with Crippen molar-refractivity contribution in [2.75, 3.05) is 11.9 Å². The van der Waals surface area contributed by atoms with Gasteiger partial charge in [-0.05, 0) is 36.8 Å². The summed E-state index contributed by atoms with van der Waals surface area (Å²) in [7, 11) is 0. The van der Waals surface area contributed by atoms with Crippen LogP contribution in [-0.2, 0) is 0 Å². The predicted octanol–water partition coefficient (Wildman–Crippen LogP) is 4.10. The van der Waals surface area contributed by atoms with Crippen LogP contribution in [0.3, 0.4) is 0 Å². The molecule has 0 fully saturated rings. The van der Waals surface area contributed by atoms with E-state index in [4.69, 9.17) is 0 Å². The van der Waals surface area contributed by atoms with E-state index in [1.807, 2.05) is 0 Å². The van der Waals surface area contributed by atoms with Crippen molar-refractivity contribution in [2.45, 2.75) is 40.5 Å². The molecule has 1 heteroatoms. The predicted molar refractivity (Wildman–Crippen MR) is 71.1 cm³/mol. The number of nitrogens with one attached hydrogen (secondary N) is 1. The third-order valence-electron chi connectivity index (χ3n) is 4.09. The van der Waals surface area contributed by atoms with Gasteiger partial charge in [0.2, 0.25) is 0 Å². The molecule has 0 radical (unpaired) electrons. The number of hydrogen-bond acceptors (Lipinski definition) is 1. The largest absolute Gasteiger partial charge is 0.384 e. The molecule has 1 aromatic carbocycles. The normalized spacial score (nSPS) is 20.8. The SMILES string of the molecule is Cc1cc(C)c2c(c1)C(C(C)C(C)C)CN2. The molecule has 2 unspecified atom stereocenters. The van der Waals surface area contributed by atoms with E-state index in [1.54, 1.807) is 5.56 Å². The van der Waals surface area contributed by atoms with Crippen molar-refractivity contribution in [3.63, 3.8) is 0 Å². The van der Waals surface area contributed by atoms with Crippen LogP contribution in [0.2, 0.25) is 0 Å². The lowest BCUT2D eigenvalue weighted by Crippen LogP contribution is -2.17. The maximum absolute atomic E-state index is 3.58. The molecule has 0 amide bonds. The van der Waals surface area contributed by atoms with E-state index >= 15 is 0 Å². The molecule has 1 aromatic rings. The maximum Gasteiger partial charge on any atom is 0.0406 e. The number of rotatable bonds is 2. The van der Waals surface area contributed by atoms with Gasteiger partial charge in [-0.3, -0.25) is 0 Å².